The highest BCUT2D eigenvalue weighted by Crippen LogP contribution is 2.42. The number of aliphatic hydroxyl groups is 1. The summed E-state index contributed by atoms with van der Waals surface area (Å²) < 4.78 is 0. The minimum Gasteiger partial charge on any atom is -0.392 e. The van der Waals surface area contributed by atoms with E-state index in [1.807, 2.05) is 18.2 Å². The van der Waals surface area contributed by atoms with Crippen molar-refractivity contribution in [2.75, 3.05) is 18.0 Å². The van der Waals surface area contributed by atoms with Gasteiger partial charge in [0.05, 0.1) is 17.3 Å². The Kier molecular flexibility index (Phi) is 3.01. The van der Waals surface area contributed by atoms with E-state index in [4.69, 9.17) is 11.6 Å². The molecular formula is C14H18ClNO. The molecule has 1 saturated carbocycles. The van der Waals surface area contributed by atoms with Gasteiger partial charge in [0.2, 0.25) is 0 Å². The zero-order chi connectivity index (χ0) is 11.8. The lowest BCUT2D eigenvalue weighted by Crippen LogP contribution is -2.22. The first-order valence-electron chi connectivity index (χ1n) is 6.43. The standard InChI is InChI=1S/C14H18ClNO/c15-13-6-2-5-12(9-17)14(13)16-7-10-3-1-4-11(10)8-16/h2,5-6,10-11,17H,1,3-4,7-9H2. The van der Waals surface area contributed by atoms with Crippen molar-refractivity contribution in [1.29, 1.82) is 0 Å². The molecule has 3 heteroatoms. The summed E-state index contributed by atoms with van der Waals surface area (Å²) in [4.78, 5) is 2.38. The average molecular weight is 252 g/mol. The van der Waals surface area contributed by atoms with Gasteiger partial charge in [0.1, 0.15) is 0 Å². The number of hydrogen-bond acceptors (Lipinski definition) is 2. The lowest BCUT2D eigenvalue weighted by Gasteiger charge is -2.23. The second kappa shape index (κ2) is 4.51. The van der Waals surface area contributed by atoms with Gasteiger partial charge in [0.25, 0.3) is 0 Å². The number of nitrogens with zero attached hydrogens (tertiary/aromatic N) is 1. The van der Waals surface area contributed by atoms with Crippen LogP contribution in [0.2, 0.25) is 5.02 Å². The second-order valence-corrected chi connectivity index (χ2v) is 5.67. The molecule has 1 aliphatic heterocycles. The van der Waals surface area contributed by atoms with E-state index in [2.05, 4.69) is 4.90 Å². The predicted octanol–water partition coefficient (Wildman–Crippen LogP) is 3.07. The van der Waals surface area contributed by atoms with Crippen LogP contribution in [0.15, 0.2) is 18.2 Å². The van der Waals surface area contributed by atoms with Gasteiger partial charge in [-0.3, -0.25) is 0 Å². The molecule has 0 radical (unpaired) electrons. The summed E-state index contributed by atoms with van der Waals surface area (Å²) >= 11 is 6.29. The normalized spacial score (nSPS) is 27.5. The molecule has 1 aromatic carbocycles. The SMILES string of the molecule is OCc1cccc(Cl)c1N1CC2CCCC2C1. The number of halogens is 1. The van der Waals surface area contributed by atoms with Crippen molar-refractivity contribution in [3.63, 3.8) is 0 Å². The fraction of sp³-hybridized carbons (Fsp3) is 0.571. The predicted molar refractivity (Wildman–Crippen MR) is 70.4 cm³/mol. The Labute approximate surface area is 107 Å². The minimum absolute atomic E-state index is 0.0712. The lowest BCUT2D eigenvalue weighted by molar-refractivity contribution is 0.282. The van der Waals surface area contributed by atoms with Gasteiger partial charge in [-0.15, -0.1) is 0 Å². The smallest absolute Gasteiger partial charge is 0.0702 e. The zero-order valence-corrected chi connectivity index (χ0v) is 10.7. The zero-order valence-electron chi connectivity index (χ0n) is 9.90. The van der Waals surface area contributed by atoms with Crippen LogP contribution in [-0.2, 0) is 6.61 Å². The van der Waals surface area contributed by atoms with Crippen molar-refractivity contribution in [2.45, 2.75) is 25.9 Å². The van der Waals surface area contributed by atoms with Crippen LogP contribution in [-0.4, -0.2) is 18.2 Å². The summed E-state index contributed by atoms with van der Waals surface area (Å²) in [7, 11) is 0. The molecule has 92 valence electrons. The van der Waals surface area contributed by atoms with Crippen LogP contribution < -0.4 is 4.90 Å². The van der Waals surface area contributed by atoms with Crippen LogP contribution in [0.3, 0.4) is 0 Å². The summed E-state index contributed by atoms with van der Waals surface area (Å²) in [6, 6.07) is 5.80. The van der Waals surface area contributed by atoms with E-state index in [9.17, 15) is 5.11 Å². The Morgan fingerprint density at radius 3 is 2.59 bits per heavy atom. The summed E-state index contributed by atoms with van der Waals surface area (Å²) in [5.74, 6) is 1.69. The molecule has 1 aromatic rings. The van der Waals surface area contributed by atoms with Crippen LogP contribution in [0.25, 0.3) is 0 Å². The molecule has 0 spiro atoms. The van der Waals surface area contributed by atoms with Gasteiger partial charge in [-0.25, -0.2) is 0 Å². The fourth-order valence-electron chi connectivity index (χ4n) is 3.46. The van der Waals surface area contributed by atoms with Crippen LogP contribution in [0.1, 0.15) is 24.8 Å². The van der Waals surface area contributed by atoms with E-state index >= 15 is 0 Å². The molecule has 0 aromatic heterocycles. The third-order valence-corrected chi connectivity index (χ3v) is 4.59. The molecule has 0 amide bonds. The van der Waals surface area contributed by atoms with Crippen molar-refractivity contribution in [3.05, 3.63) is 28.8 Å². The van der Waals surface area contributed by atoms with E-state index in [0.29, 0.717) is 0 Å². The third kappa shape index (κ3) is 1.94. The van der Waals surface area contributed by atoms with E-state index in [1.165, 1.54) is 19.3 Å². The number of anilines is 1. The molecule has 0 bridgehead atoms. The van der Waals surface area contributed by atoms with Gasteiger partial charge in [-0.05, 0) is 30.7 Å². The number of aliphatic hydroxyl groups excluding tert-OH is 1. The molecule has 17 heavy (non-hydrogen) atoms. The van der Waals surface area contributed by atoms with E-state index in [-0.39, 0.29) is 6.61 Å². The van der Waals surface area contributed by atoms with Gasteiger partial charge in [0, 0.05) is 18.7 Å². The largest absolute Gasteiger partial charge is 0.392 e. The topological polar surface area (TPSA) is 23.5 Å². The minimum atomic E-state index is 0.0712. The number of hydrogen-bond donors (Lipinski definition) is 1. The Hall–Kier alpha value is -0.730. The highest BCUT2D eigenvalue weighted by Gasteiger charge is 2.37. The Morgan fingerprint density at radius 1 is 1.24 bits per heavy atom. The van der Waals surface area contributed by atoms with Gasteiger partial charge in [-0.1, -0.05) is 30.2 Å². The molecule has 3 rings (SSSR count). The highest BCUT2D eigenvalue weighted by molar-refractivity contribution is 6.33. The maximum absolute atomic E-state index is 9.42. The molecule has 2 atom stereocenters. The summed E-state index contributed by atoms with van der Waals surface area (Å²) in [5.41, 5.74) is 2.02. The fourth-order valence-corrected chi connectivity index (χ4v) is 3.77. The van der Waals surface area contributed by atoms with Gasteiger partial charge in [-0.2, -0.15) is 0 Å². The molecule has 1 saturated heterocycles. The van der Waals surface area contributed by atoms with Crippen molar-refractivity contribution in [1.82, 2.24) is 0 Å². The maximum atomic E-state index is 9.42. The van der Waals surface area contributed by atoms with Crippen LogP contribution in [0, 0.1) is 11.8 Å². The van der Waals surface area contributed by atoms with Crippen molar-refractivity contribution in [3.8, 4) is 0 Å². The molecule has 1 N–H and O–H groups in total. The Morgan fingerprint density at radius 2 is 1.94 bits per heavy atom. The summed E-state index contributed by atoms with van der Waals surface area (Å²) in [5, 5.41) is 10.2. The van der Waals surface area contributed by atoms with Crippen molar-refractivity contribution in [2.24, 2.45) is 11.8 Å². The number of rotatable bonds is 2. The first-order chi connectivity index (χ1) is 8.29. The molecule has 1 aliphatic carbocycles. The maximum Gasteiger partial charge on any atom is 0.0702 e. The van der Waals surface area contributed by atoms with E-state index in [1.54, 1.807) is 0 Å². The quantitative estimate of drug-likeness (QED) is 0.873. The molecule has 2 fully saturated rings. The Balaban J connectivity index is 1.90. The number of para-hydroxylation sites is 1. The second-order valence-electron chi connectivity index (χ2n) is 5.26. The summed E-state index contributed by atoms with van der Waals surface area (Å²) in [6.07, 6.45) is 4.11. The third-order valence-electron chi connectivity index (χ3n) is 4.28. The highest BCUT2D eigenvalue weighted by atomic mass is 35.5. The Bertz CT molecular complexity index is 409. The number of benzene rings is 1. The first-order valence-corrected chi connectivity index (χ1v) is 6.80. The monoisotopic (exact) mass is 251 g/mol. The number of fused-ring (bicyclic) bond motifs is 1. The molecule has 2 unspecified atom stereocenters. The van der Waals surface area contributed by atoms with Gasteiger partial charge < -0.3 is 10.0 Å². The molecule has 2 nitrogen and oxygen atoms in total. The lowest BCUT2D eigenvalue weighted by atomic mass is 10.0. The van der Waals surface area contributed by atoms with Gasteiger partial charge >= 0.3 is 0 Å². The van der Waals surface area contributed by atoms with Crippen molar-refractivity contribution >= 4 is 17.3 Å². The van der Waals surface area contributed by atoms with E-state index < -0.39 is 0 Å². The molecule has 2 aliphatic rings. The van der Waals surface area contributed by atoms with Crippen LogP contribution >= 0.6 is 11.6 Å². The van der Waals surface area contributed by atoms with Crippen LogP contribution in [0.4, 0.5) is 5.69 Å². The summed E-state index contributed by atoms with van der Waals surface area (Å²) in [6.45, 7) is 2.30. The van der Waals surface area contributed by atoms with Gasteiger partial charge in [0.15, 0.2) is 0 Å². The van der Waals surface area contributed by atoms with Crippen molar-refractivity contribution < 1.29 is 5.11 Å². The molecule has 1 heterocycles. The van der Waals surface area contributed by atoms with Crippen LogP contribution in [0.5, 0.6) is 0 Å². The molecular weight excluding hydrogens is 234 g/mol. The van der Waals surface area contributed by atoms with E-state index in [0.717, 1.165) is 41.2 Å². The average Bonchev–Trinajstić information content (AvgIpc) is 2.88. The first kappa shape index (κ1) is 11.4.